The van der Waals surface area contributed by atoms with E-state index < -0.39 is 8.32 Å². The summed E-state index contributed by atoms with van der Waals surface area (Å²) in [6.45, 7) is 11.8. The first-order chi connectivity index (χ1) is 17.1. The summed E-state index contributed by atoms with van der Waals surface area (Å²) in [5.74, 6) is 0.924. The number of hydrogen-bond donors (Lipinski definition) is 1. The predicted octanol–water partition coefficient (Wildman–Crippen LogP) is 6.56. The molecule has 5 rings (SSSR count). The maximum Gasteiger partial charge on any atom is 0.229 e. The van der Waals surface area contributed by atoms with E-state index in [4.69, 9.17) is 9.16 Å². The summed E-state index contributed by atoms with van der Waals surface area (Å²) in [6, 6.07) is 6.08. The van der Waals surface area contributed by atoms with Gasteiger partial charge < -0.3 is 14.5 Å². The molecule has 1 N–H and O–H groups in total. The molecule has 2 atom stereocenters. The molecule has 0 aliphatic heterocycles. The number of carbonyl (C=O) groups is 1. The van der Waals surface area contributed by atoms with Crippen molar-refractivity contribution in [2.24, 2.45) is 5.92 Å². The van der Waals surface area contributed by atoms with E-state index in [0.717, 1.165) is 53.4 Å². The highest BCUT2D eigenvalue weighted by atomic mass is 32.1. The largest absolute Gasteiger partial charge is 0.411 e. The first kappa shape index (κ1) is 25.4. The fraction of sp³-hybridized carbons (Fsp3) is 0.556. The Hall–Kier alpha value is -2.20. The highest BCUT2D eigenvalue weighted by Gasteiger charge is 2.42. The van der Waals surface area contributed by atoms with Gasteiger partial charge >= 0.3 is 0 Å². The molecule has 1 amide bonds. The van der Waals surface area contributed by atoms with Gasteiger partial charge in [0.25, 0.3) is 0 Å². The Morgan fingerprint density at radius 3 is 2.50 bits per heavy atom. The third kappa shape index (κ3) is 5.69. The smallest absolute Gasteiger partial charge is 0.229 e. The van der Waals surface area contributed by atoms with Gasteiger partial charge in [-0.05, 0) is 67.9 Å². The monoisotopic (exact) mass is 524 g/mol. The molecule has 0 bridgehead atoms. The Morgan fingerprint density at radius 1 is 1.08 bits per heavy atom. The van der Waals surface area contributed by atoms with Crippen molar-refractivity contribution in [2.45, 2.75) is 89.8 Å². The van der Waals surface area contributed by atoms with Crippen LogP contribution >= 0.6 is 11.3 Å². The van der Waals surface area contributed by atoms with Crippen LogP contribution in [0.25, 0.3) is 21.3 Å². The van der Waals surface area contributed by atoms with Gasteiger partial charge in [0, 0.05) is 23.9 Å². The molecule has 2 heterocycles. The van der Waals surface area contributed by atoms with E-state index in [1.807, 2.05) is 24.5 Å². The molecule has 0 unspecified atom stereocenters. The maximum atomic E-state index is 12.1. The second-order valence-electron chi connectivity index (χ2n) is 11.5. The van der Waals surface area contributed by atoms with E-state index in [0.29, 0.717) is 17.6 Å². The lowest BCUT2D eigenvalue weighted by Gasteiger charge is -2.39. The van der Waals surface area contributed by atoms with E-state index in [-0.39, 0.29) is 29.1 Å². The summed E-state index contributed by atoms with van der Waals surface area (Å²) >= 11 is 1.50. The number of fused-ring (bicyclic) bond motifs is 1. The van der Waals surface area contributed by atoms with Crippen molar-refractivity contribution in [3.8, 4) is 11.1 Å². The summed E-state index contributed by atoms with van der Waals surface area (Å²) in [6.07, 6.45) is 9.14. The summed E-state index contributed by atoms with van der Waals surface area (Å²) in [5.41, 5.74) is 2.85. The molecule has 2 saturated carbocycles. The number of nitrogens with one attached hydrogen (secondary N) is 1. The summed E-state index contributed by atoms with van der Waals surface area (Å²) in [5, 5.41) is 3.79. The Bertz CT molecular complexity index is 1230. The quantitative estimate of drug-likeness (QED) is 0.336. The number of anilines is 1. The number of nitrogens with zero attached hydrogens (tertiary/aromatic N) is 3. The third-order valence-electron chi connectivity index (χ3n) is 7.68. The molecule has 0 spiro atoms. The van der Waals surface area contributed by atoms with E-state index in [9.17, 15) is 4.79 Å². The molecule has 0 radical (unpaired) electrons. The summed E-state index contributed by atoms with van der Waals surface area (Å²) in [7, 11) is -1.83. The highest BCUT2D eigenvalue weighted by Crippen LogP contribution is 2.40. The van der Waals surface area contributed by atoms with Crippen LogP contribution in [-0.4, -0.2) is 41.4 Å². The van der Waals surface area contributed by atoms with Crippen LogP contribution in [0.3, 0.4) is 0 Å². The van der Waals surface area contributed by atoms with Crippen molar-refractivity contribution in [1.29, 1.82) is 0 Å². The molecule has 7 nitrogen and oxygen atoms in total. The minimum absolute atomic E-state index is 0.0796. The van der Waals surface area contributed by atoms with Gasteiger partial charge in [0.2, 0.25) is 5.91 Å². The van der Waals surface area contributed by atoms with E-state index >= 15 is 0 Å². The number of rotatable bonds is 8. The van der Waals surface area contributed by atoms with Gasteiger partial charge in [0.1, 0.15) is 6.61 Å². The van der Waals surface area contributed by atoms with Crippen molar-refractivity contribution in [3.05, 3.63) is 36.4 Å². The van der Waals surface area contributed by atoms with E-state index in [1.165, 1.54) is 11.3 Å². The summed E-state index contributed by atoms with van der Waals surface area (Å²) < 4.78 is 13.9. The van der Waals surface area contributed by atoms with Crippen molar-refractivity contribution in [3.63, 3.8) is 0 Å². The number of amides is 1. The predicted molar refractivity (Wildman–Crippen MR) is 146 cm³/mol. The fourth-order valence-electron chi connectivity index (χ4n) is 4.24. The number of thiazole rings is 1. The van der Waals surface area contributed by atoms with Crippen molar-refractivity contribution in [2.75, 3.05) is 5.32 Å². The molecule has 0 saturated heterocycles. The molecule has 9 heteroatoms. The Morgan fingerprint density at radius 2 is 1.81 bits per heavy atom. The van der Waals surface area contributed by atoms with Gasteiger partial charge in [-0.1, -0.05) is 38.2 Å². The Labute approximate surface area is 218 Å². The average molecular weight is 525 g/mol. The fourth-order valence-corrected chi connectivity index (χ4v) is 6.53. The van der Waals surface area contributed by atoms with Crippen LogP contribution in [0.2, 0.25) is 18.1 Å². The van der Waals surface area contributed by atoms with Gasteiger partial charge in [0.15, 0.2) is 19.3 Å². The molecule has 2 aliphatic carbocycles. The van der Waals surface area contributed by atoms with Crippen LogP contribution in [-0.2, 0) is 20.6 Å². The van der Waals surface area contributed by atoms with Crippen LogP contribution in [0.15, 0.2) is 30.6 Å². The van der Waals surface area contributed by atoms with Crippen LogP contribution in [0, 0.1) is 5.92 Å². The Kier molecular flexibility index (Phi) is 7.02. The van der Waals surface area contributed by atoms with Crippen molar-refractivity contribution < 1.29 is 14.0 Å². The van der Waals surface area contributed by atoms with Crippen LogP contribution < -0.4 is 5.32 Å². The van der Waals surface area contributed by atoms with Gasteiger partial charge in [-0.15, -0.1) is 0 Å². The second kappa shape index (κ2) is 9.93. The normalized spacial score (nSPS) is 20.7. The zero-order valence-corrected chi connectivity index (χ0v) is 23.7. The van der Waals surface area contributed by atoms with Gasteiger partial charge in [-0.2, -0.15) is 0 Å². The molecule has 2 fully saturated rings. The number of hydrogen-bond acceptors (Lipinski definition) is 7. The molecule has 3 aromatic rings. The summed E-state index contributed by atoms with van der Waals surface area (Å²) in [4.78, 5) is 25.7. The zero-order valence-electron chi connectivity index (χ0n) is 21.8. The van der Waals surface area contributed by atoms with Crippen LogP contribution in [0.4, 0.5) is 5.13 Å². The molecule has 192 valence electrons. The zero-order chi connectivity index (χ0) is 25.5. The second-order valence-corrected chi connectivity index (χ2v) is 17.3. The standard InChI is InChI=1S/C27H36N4O3SSi/c1-27(2,3)36(4,5)34-22-8-6-7-21(22)33-16-24-28-14-19(15-29-24)18-11-12-20-23(13-18)35-26(30-20)31-25(32)17-9-10-17/h11-15,17,21-22H,6-10,16H2,1-5H3,(H,30,31,32)/t21-,22-/m0/s1. The lowest BCUT2D eigenvalue weighted by Crippen LogP contribution is -2.46. The average Bonchev–Trinajstić information content (AvgIpc) is 3.47. The molecule has 36 heavy (non-hydrogen) atoms. The first-order valence-corrected chi connectivity index (χ1v) is 16.6. The molecular formula is C27H36N4O3SSi. The van der Waals surface area contributed by atoms with Crippen molar-refractivity contribution in [1.82, 2.24) is 15.0 Å². The van der Waals surface area contributed by atoms with Gasteiger partial charge in [-0.3, -0.25) is 4.79 Å². The minimum Gasteiger partial charge on any atom is -0.411 e. The van der Waals surface area contributed by atoms with E-state index in [1.54, 1.807) is 0 Å². The van der Waals surface area contributed by atoms with Gasteiger partial charge in [0.05, 0.1) is 22.4 Å². The van der Waals surface area contributed by atoms with Crippen molar-refractivity contribution >= 4 is 40.9 Å². The molecule has 1 aromatic carbocycles. The van der Waals surface area contributed by atoms with E-state index in [2.05, 4.69) is 60.2 Å². The Balaban J connectivity index is 1.20. The van der Waals surface area contributed by atoms with Gasteiger partial charge in [-0.25, -0.2) is 15.0 Å². The van der Waals surface area contributed by atoms with Crippen LogP contribution in [0.1, 0.15) is 58.7 Å². The highest BCUT2D eigenvalue weighted by molar-refractivity contribution is 7.22. The maximum absolute atomic E-state index is 12.1. The minimum atomic E-state index is -1.83. The lowest BCUT2D eigenvalue weighted by atomic mass is 10.1. The molecule has 2 aromatic heterocycles. The third-order valence-corrected chi connectivity index (χ3v) is 13.1. The number of ether oxygens (including phenoxy) is 1. The number of benzene rings is 1. The number of aromatic nitrogens is 3. The lowest BCUT2D eigenvalue weighted by molar-refractivity contribution is -0.117. The molecular weight excluding hydrogens is 488 g/mol. The SMILES string of the molecule is CC(C)(C)[Si](C)(C)O[C@H]1CCC[C@@H]1OCc1ncc(-c2ccc3nc(NC(=O)C4CC4)sc3c2)cn1. The topological polar surface area (TPSA) is 86.2 Å². The first-order valence-electron chi connectivity index (χ1n) is 12.9. The molecule has 2 aliphatic rings. The van der Waals surface area contributed by atoms with Crippen LogP contribution in [0.5, 0.6) is 0 Å². The number of carbonyl (C=O) groups excluding carboxylic acids is 1.